The summed E-state index contributed by atoms with van der Waals surface area (Å²) in [5.41, 5.74) is 6.46. The van der Waals surface area contributed by atoms with E-state index in [1.54, 1.807) is 36.7 Å². The summed E-state index contributed by atoms with van der Waals surface area (Å²) in [5.74, 6) is -1.71. The number of nitrogens with one attached hydrogen (secondary N) is 3. The standard InChI is InChI=1S/C21H18F3N3O2.C12H13F3N2O.C9H7NO2/c22-21(23,24)17-7-2-1-4-14(17)11-27-12-15(10-18(27)28)26-20(29)16-6-3-5-13-8-9-25-19(13)16;13-12(14,15)10-4-2-1-3-8(10)6-17-7-9(16)5-11(17)18;11-9(12)7-3-1-2-6-4-5-10-8(6)7/h1-9,15,25H,10-12H2,(H,26,29);1-4,9H,5-7,16H2;1-5,10H,(H,11,12). The van der Waals surface area contributed by atoms with E-state index < -0.39 is 35.5 Å². The van der Waals surface area contributed by atoms with Crippen LogP contribution in [0.5, 0.6) is 0 Å². The highest BCUT2D eigenvalue weighted by molar-refractivity contribution is 6.06. The van der Waals surface area contributed by atoms with Crippen LogP contribution in [0.15, 0.2) is 109 Å². The topological polar surface area (TPSA) is 165 Å². The molecule has 8 rings (SSSR count). The molecule has 2 unspecified atom stereocenters. The zero-order valence-electron chi connectivity index (χ0n) is 31.1. The summed E-state index contributed by atoms with van der Waals surface area (Å²) in [6.07, 6.45) is -5.16. The molecular formula is C42H38F6N6O5. The van der Waals surface area contributed by atoms with Crippen LogP contribution in [0.3, 0.4) is 0 Å². The number of carboxylic acids is 1. The second-order valence-electron chi connectivity index (χ2n) is 14.0. The van der Waals surface area contributed by atoms with Crippen LogP contribution in [0, 0.1) is 0 Å². The third kappa shape index (κ3) is 10.1. The third-order valence-electron chi connectivity index (χ3n) is 9.81. The lowest BCUT2D eigenvalue weighted by Crippen LogP contribution is -2.37. The molecule has 11 nitrogen and oxygen atoms in total. The number of likely N-dealkylation sites (tertiary alicyclic amines) is 2. The predicted octanol–water partition coefficient (Wildman–Crippen LogP) is 7.35. The number of carbonyl (C=O) groups excluding carboxylic acids is 3. The van der Waals surface area contributed by atoms with Gasteiger partial charge in [0, 0.05) is 68.2 Å². The van der Waals surface area contributed by atoms with Crippen molar-refractivity contribution >= 4 is 45.5 Å². The Morgan fingerprint density at radius 3 is 1.63 bits per heavy atom. The minimum atomic E-state index is -4.48. The van der Waals surface area contributed by atoms with Gasteiger partial charge in [0.15, 0.2) is 0 Å². The molecule has 308 valence electrons. The van der Waals surface area contributed by atoms with E-state index in [1.165, 1.54) is 46.2 Å². The van der Waals surface area contributed by atoms with Crippen molar-refractivity contribution in [2.75, 3.05) is 13.1 Å². The van der Waals surface area contributed by atoms with E-state index >= 15 is 0 Å². The maximum atomic E-state index is 13.2. The number of halogens is 6. The SMILES string of the molecule is NC1CC(=O)N(Cc2ccccc2C(F)(F)F)C1.O=C(NC1CC(=O)N(Cc2ccccc2C(F)(F)F)C1)c1cccc2cc[nH]c12.O=C(O)c1cccc2cc[nH]c12. The summed E-state index contributed by atoms with van der Waals surface area (Å²) >= 11 is 0. The first-order valence-electron chi connectivity index (χ1n) is 18.3. The minimum absolute atomic E-state index is 0.0384. The number of alkyl halides is 6. The minimum Gasteiger partial charge on any atom is -0.478 e. The smallest absolute Gasteiger partial charge is 0.416 e. The summed E-state index contributed by atoms with van der Waals surface area (Å²) in [7, 11) is 0. The van der Waals surface area contributed by atoms with Gasteiger partial charge in [-0.2, -0.15) is 26.3 Å². The molecule has 17 heteroatoms. The number of fused-ring (bicyclic) bond motifs is 2. The van der Waals surface area contributed by atoms with Gasteiger partial charge in [0.2, 0.25) is 11.8 Å². The normalized spacial score (nSPS) is 16.8. The van der Waals surface area contributed by atoms with Crippen LogP contribution in [0.1, 0.15) is 55.8 Å². The number of benzene rings is 4. The van der Waals surface area contributed by atoms with Crippen molar-refractivity contribution in [3.05, 3.63) is 143 Å². The maximum absolute atomic E-state index is 13.2. The Morgan fingerprint density at radius 2 is 1.14 bits per heavy atom. The Balaban J connectivity index is 0.000000165. The number of aromatic amines is 2. The van der Waals surface area contributed by atoms with Crippen LogP contribution in [-0.2, 0) is 35.0 Å². The van der Waals surface area contributed by atoms with Gasteiger partial charge in [-0.15, -0.1) is 0 Å². The molecule has 0 spiro atoms. The van der Waals surface area contributed by atoms with Crippen molar-refractivity contribution in [2.45, 2.75) is 50.4 Å². The molecule has 6 N–H and O–H groups in total. The molecule has 3 amide bonds. The number of nitrogens with zero attached hydrogens (tertiary/aromatic N) is 2. The van der Waals surface area contributed by atoms with Gasteiger partial charge in [0.05, 0.1) is 39.3 Å². The molecule has 4 aromatic carbocycles. The Labute approximate surface area is 332 Å². The van der Waals surface area contributed by atoms with Crippen LogP contribution in [0.4, 0.5) is 26.3 Å². The van der Waals surface area contributed by atoms with E-state index in [4.69, 9.17) is 10.8 Å². The number of nitrogens with two attached hydrogens (primary N) is 1. The lowest BCUT2D eigenvalue weighted by molar-refractivity contribution is -0.139. The average molecular weight is 821 g/mol. The molecule has 2 saturated heterocycles. The van der Waals surface area contributed by atoms with E-state index in [0.29, 0.717) is 28.7 Å². The van der Waals surface area contributed by atoms with Gasteiger partial charge >= 0.3 is 18.3 Å². The zero-order chi connectivity index (χ0) is 42.5. The summed E-state index contributed by atoms with van der Waals surface area (Å²) in [6, 6.07) is 24.0. The molecular weight excluding hydrogens is 782 g/mol. The summed E-state index contributed by atoms with van der Waals surface area (Å²) in [4.78, 5) is 55.8. The molecule has 0 bridgehead atoms. The Bertz CT molecular complexity index is 2480. The maximum Gasteiger partial charge on any atom is 0.416 e. The summed E-state index contributed by atoms with van der Waals surface area (Å²) in [6.45, 7) is 0.289. The summed E-state index contributed by atoms with van der Waals surface area (Å²) < 4.78 is 77.9. The Morgan fingerprint density at radius 1 is 0.661 bits per heavy atom. The lowest BCUT2D eigenvalue weighted by Gasteiger charge is -2.20. The number of aromatic nitrogens is 2. The molecule has 59 heavy (non-hydrogen) atoms. The van der Waals surface area contributed by atoms with E-state index in [2.05, 4.69) is 15.3 Å². The zero-order valence-corrected chi connectivity index (χ0v) is 31.1. The molecule has 2 fully saturated rings. The quantitative estimate of drug-likeness (QED) is 0.106. The molecule has 2 aliphatic heterocycles. The first-order valence-corrected chi connectivity index (χ1v) is 18.3. The first-order chi connectivity index (χ1) is 28.0. The number of aromatic carboxylic acids is 1. The van der Waals surface area contributed by atoms with Crippen molar-refractivity contribution < 1.29 is 50.6 Å². The lowest BCUT2D eigenvalue weighted by atomic mass is 10.1. The number of carboxylic acid groups (broad SMARTS) is 1. The van der Waals surface area contributed by atoms with Crippen LogP contribution >= 0.6 is 0 Å². The van der Waals surface area contributed by atoms with E-state index in [0.717, 1.165) is 22.9 Å². The monoisotopic (exact) mass is 820 g/mol. The van der Waals surface area contributed by atoms with Gasteiger partial charge in [-0.25, -0.2) is 4.79 Å². The second-order valence-corrected chi connectivity index (χ2v) is 14.0. The highest BCUT2D eigenvalue weighted by Gasteiger charge is 2.37. The largest absolute Gasteiger partial charge is 0.478 e. The fourth-order valence-electron chi connectivity index (χ4n) is 7.06. The number of rotatable bonds is 7. The van der Waals surface area contributed by atoms with Gasteiger partial charge in [-0.3, -0.25) is 14.4 Å². The molecule has 4 heterocycles. The number of para-hydroxylation sites is 2. The van der Waals surface area contributed by atoms with Crippen molar-refractivity contribution in [1.29, 1.82) is 0 Å². The molecule has 2 aliphatic rings. The summed E-state index contributed by atoms with van der Waals surface area (Å²) in [5, 5.41) is 13.4. The molecule has 2 aromatic heterocycles. The highest BCUT2D eigenvalue weighted by Crippen LogP contribution is 2.34. The fourth-order valence-corrected chi connectivity index (χ4v) is 7.06. The van der Waals surface area contributed by atoms with E-state index in [9.17, 15) is 45.5 Å². The van der Waals surface area contributed by atoms with Gasteiger partial charge in [0.25, 0.3) is 5.91 Å². The Kier molecular flexibility index (Phi) is 12.4. The van der Waals surface area contributed by atoms with Gasteiger partial charge < -0.3 is 35.9 Å². The van der Waals surface area contributed by atoms with Crippen molar-refractivity contribution in [2.24, 2.45) is 5.73 Å². The number of amides is 3. The molecule has 0 radical (unpaired) electrons. The van der Waals surface area contributed by atoms with Crippen molar-refractivity contribution in [3.8, 4) is 0 Å². The van der Waals surface area contributed by atoms with Gasteiger partial charge in [-0.1, -0.05) is 60.7 Å². The van der Waals surface area contributed by atoms with Crippen molar-refractivity contribution in [1.82, 2.24) is 25.1 Å². The molecule has 0 saturated carbocycles. The molecule has 6 aromatic rings. The Hall–Kier alpha value is -6.62. The van der Waals surface area contributed by atoms with E-state index in [1.807, 2.05) is 24.3 Å². The first kappa shape index (κ1) is 42.0. The van der Waals surface area contributed by atoms with Gasteiger partial charge in [-0.05, 0) is 47.5 Å². The van der Waals surface area contributed by atoms with Crippen molar-refractivity contribution in [3.63, 3.8) is 0 Å². The fraction of sp³-hybridized carbons (Fsp3) is 0.238. The second kappa shape index (κ2) is 17.5. The van der Waals surface area contributed by atoms with Crippen LogP contribution in [0.25, 0.3) is 21.8 Å². The van der Waals surface area contributed by atoms with Gasteiger partial charge in [0.1, 0.15) is 0 Å². The molecule has 0 aliphatic carbocycles. The number of hydrogen-bond donors (Lipinski definition) is 5. The number of H-pyrrole nitrogens is 2. The number of hydrogen-bond acceptors (Lipinski definition) is 5. The van der Waals surface area contributed by atoms with Crippen LogP contribution in [0.2, 0.25) is 0 Å². The predicted molar refractivity (Wildman–Crippen MR) is 206 cm³/mol. The van der Waals surface area contributed by atoms with Crippen LogP contribution in [-0.4, -0.2) is 73.7 Å². The van der Waals surface area contributed by atoms with Crippen LogP contribution < -0.4 is 11.1 Å². The van der Waals surface area contributed by atoms with E-state index in [-0.39, 0.29) is 67.4 Å². The number of carbonyl (C=O) groups is 4. The third-order valence-corrected chi connectivity index (χ3v) is 9.81. The molecule has 2 atom stereocenters. The highest BCUT2D eigenvalue weighted by atomic mass is 19.4. The average Bonchev–Trinajstić information content (AvgIpc) is 3.99.